The van der Waals surface area contributed by atoms with Crippen LogP contribution in [0, 0.1) is 11.8 Å². The Morgan fingerprint density at radius 2 is 1.14 bits per heavy atom. The maximum atomic E-state index is 6.99. The van der Waals surface area contributed by atoms with Gasteiger partial charge in [-0.15, -0.1) is 0 Å². The van der Waals surface area contributed by atoms with Crippen LogP contribution in [0.25, 0.3) is 22.1 Å². The first-order valence-electron chi connectivity index (χ1n) is 11.8. The van der Waals surface area contributed by atoms with E-state index >= 15 is 0 Å². The molecule has 6 nitrogen and oxygen atoms in total. The lowest BCUT2D eigenvalue weighted by Crippen LogP contribution is -2.46. The van der Waals surface area contributed by atoms with E-state index < -0.39 is 11.1 Å². The van der Waals surface area contributed by atoms with Gasteiger partial charge in [-0.1, -0.05) is 72.9 Å². The van der Waals surface area contributed by atoms with Gasteiger partial charge in [0.2, 0.25) is 0 Å². The lowest BCUT2D eigenvalue weighted by molar-refractivity contribution is 0.411. The summed E-state index contributed by atoms with van der Waals surface area (Å²) < 4.78 is 0. The van der Waals surface area contributed by atoms with Gasteiger partial charge in [-0.05, 0) is 24.3 Å². The molecular weight excluding hydrogens is 452 g/mol. The normalized spacial score (nSPS) is 27.8. The Kier molecular flexibility index (Phi) is 5.48. The van der Waals surface area contributed by atoms with E-state index in [1.165, 1.54) is 0 Å². The van der Waals surface area contributed by atoms with Crippen molar-refractivity contribution in [2.75, 3.05) is 11.5 Å². The summed E-state index contributed by atoms with van der Waals surface area (Å²) in [7, 11) is 0. The number of H-pyrrole nitrogens is 2. The molecule has 4 atom stereocenters. The quantitative estimate of drug-likeness (QED) is 0.321. The van der Waals surface area contributed by atoms with E-state index in [4.69, 9.17) is 21.4 Å². The zero-order valence-electron chi connectivity index (χ0n) is 19.3. The van der Waals surface area contributed by atoms with Gasteiger partial charge in [0.25, 0.3) is 0 Å². The highest BCUT2D eigenvalue weighted by molar-refractivity contribution is 7.99. The Labute approximate surface area is 208 Å². The Balaban J connectivity index is 1.20. The molecule has 4 unspecified atom stereocenters. The number of hydrogen-bond acceptors (Lipinski definition) is 5. The first kappa shape index (κ1) is 22.1. The van der Waals surface area contributed by atoms with Crippen molar-refractivity contribution < 1.29 is 0 Å². The van der Waals surface area contributed by atoms with Crippen LogP contribution in [0.1, 0.15) is 11.6 Å². The number of imidazole rings is 2. The van der Waals surface area contributed by atoms with Gasteiger partial charge in [0.15, 0.2) is 0 Å². The van der Waals surface area contributed by atoms with Crippen LogP contribution in [0.3, 0.4) is 0 Å². The minimum Gasteiger partial charge on any atom is -0.340 e. The fourth-order valence-electron chi connectivity index (χ4n) is 4.93. The maximum absolute atomic E-state index is 6.99. The second kappa shape index (κ2) is 8.68. The number of aromatic amines is 2. The van der Waals surface area contributed by atoms with Crippen LogP contribution in [0.4, 0.5) is 0 Å². The molecule has 0 spiro atoms. The molecule has 0 radical (unpaired) electrons. The summed E-state index contributed by atoms with van der Waals surface area (Å²) in [6.45, 7) is 0. The molecule has 6 N–H and O–H groups in total. The van der Waals surface area contributed by atoms with Crippen molar-refractivity contribution in [2.45, 2.75) is 11.1 Å². The van der Waals surface area contributed by atoms with Gasteiger partial charge in [0, 0.05) is 23.3 Å². The van der Waals surface area contributed by atoms with Crippen LogP contribution in [-0.4, -0.2) is 31.4 Å². The number of allylic oxidation sites excluding steroid dienone is 4. The Morgan fingerprint density at radius 1 is 0.686 bits per heavy atom. The van der Waals surface area contributed by atoms with Crippen molar-refractivity contribution in [2.24, 2.45) is 23.3 Å². The number of thioether (sulfide) groups is 1. The van der Waals surface area contributed by atoms with E-state index in [2.05, 4.69) is 46.4 Å². The highest BCUT2D eigenvalue weighted by Gasteiger charge is 2.39. The lowest BCUT2D eigenvalue weighted by Gasteiger charge is -2.35. The molecule has 35 heavy (non-hydrogen) atoms. The topological polar surface area (TPSA) is 109 Å². The molecule has 0 saturated heterocycles. The summed E-state index contributed by atoms with van der Waals surface area (Å²) in [6, 6.07) is 16.1. The molecule has 0 bridgehead atoms. The molecule has 2 aromatic heterocycles. The molecule has 2 aromatic carbocycles. The van der Waals surface area contributed by atoms with E-state index in [9.17, 15) is 0 Å². The van der Waals surface area contributed by atoms with E-state index in [0.29, 0.717) is 0 Å². The number of rotatable bonds is 6. The van der Waals surface area contributed by atoms with Crippen molar-refractivity contribution in [3.8, 4) is 0 Å². The first-order chi connectivity index (χ1) is 17.1. The number of fused-ring (bicyclic) bond motifs is 2. The fourth-order valence-corrected chi connectivity index (χ4v) is 6.34. The number of benzene rings is 2. The molecule has 0 amide bonds. The molecule has 176 valence electrons. The summed E-state index contributed by atoms with van der Waals surface area (Å²) in [6.07, 6.45) is 16.7. The summed E-state index contributed by atoms with van der Waals surface area (Å²) in [5.74, 6) is 3.47. The SMILES string of the molecule is NC1(c2nc3ccccc3[nH]2)C=CC=CC1CSCC1C=CC=CC1(N)c1nc2ccccc2[nH]1. The number of hydrogen-bond donors (Lipinski definition) is 4. The van der Waals surface area contributed by atoms with Crippen LogP contribution in [0.15, 0.2) is 97.1 Å². The second-order valence-electron chi connectivity index (χ2n) is 9.31. The number of para-hydroxylation sites is 4. The van der Waals surface area contributed by atoms with Crippen LogP contribution >= 0.6 is 11.8 Å². The Hall–Kier alpha value is -3.39. The summed E-state index contributed by atoms with van der Waals surface area (Å²) in [4.78, 5) is 16.5. The number of nitrogens with zero attached hydrogens (tertiary/aromatic N) is 2. The lowest BCUT2D eigenvalue weighted by atomic mass is 9.81. The molecule has 2 aliphatic carbocycles. The zero-order chi connectivity index (χ0) is 23.9. The highest BCUT2D eigenvalue weighted by atomic mass is 32.2. The number of nitrogens with two attached hydrogens (primary N) is 2. The second-order valence-corrected chi connectivity index (χ2v) is 10.4. The smallest absolute Gasteiger partial charge is 0.132 e. The molecule has 2 heterocycles. The fraction of sp³-hybridized carbons (Fsp3) is 0.214. The third-order valence-electron chi connectivity index (χ3n) is 7.07. The molecule has 0 fully saturated rings. The summed E-state index contributed by atoms with van der Waals surface area (Å²) >= 11 is 1.86. The minimum atomic E-state index is -0.693. The predicted octanol–water partition coefficient (Wildman–Crippen LogP) is 4.67. The van der Waals surface area contributed by atoms with Crippen molar-refractivity contribution in [3.05, 3.63) is 109 Å². The summed E-state index contributed by atoms with van der Waals surface area (Å²) in [5, 5.41) is 0. The van der Waals surface area contributed by atoms with Crippen molar-refractivity contribution in [1.29, 1.82) is 0 Å². The van der Waals surface area contributed by atoms with Crippen LogP contribution in [0.5, 0.6) is 0 Å². The van der Waals surface area contributed by atoms with Crippen LogP contribution in [0.2, 0.25) is 0 Å². The third-order valence-corrected chi connectivity index (χ3v) is 8.26. The summed E-state index contributed by atoms with van der Waals surface area (Å²) in [5.41, 5.74) is 16.4. The zero-order valence-corrected chi connectivity index (χ0v) is 20.1. The van der Waals surface area contributed by atoms with E-state index in [-0.39, 0.29) is 11.8 Å². The van der Waals surface area contributed by atoms with E-state index in [1.54, 1.807) is 0 Å². The standard InChI is InChI=1S/C28H28N6S/c29-27(25-31-21-11-1-2-12-22(21)32-25)15-7-5-9-19(27)17-35-18-20-10-6-8-16-28(20,30)26-33-23-13-3-4-14-24(23)34-26/h1-16,19-20H,17-18,29-30H2,(H,31,32)(H,33,34). The van der Waals surface area contributed by atoms with E-state index in [0.717, 1.165) is 45.2 Å². The molecule has 0 aliphatic heterocycles. The molecule has 2 aliphatic rings. The van der Waals surface area contributed by atoms with Gasteiger partial charge in [0.1, 0.15) is 22.7 Å². The maximum Gasteiger partial charge on any atom is 0.132 e. The average molecular weight is 481 g/mol. The van der Waals surface area contributed by atoms with Gasteiger partial charge < -0.3 is 21.4 Å². The first-order valence-corrected chi connectivity index (χ1v) is 13.0. The molecule has 6 rings (SSSR count). The minimum absolute atomic E-state index is 0.0968. The van der Waals surface area contributed by atoms with E-state index in [1.807, 2.05) is 72.4 Å². The molecule has 7 heteroatoms. The molecule has 4 aromatic rings. The largest absolute Gasteiger partial charge is 0.340 e. The van der Waals surface area contributed by atoms with Crippen molar-refractivity contribution >= 4 is 33.8 Å². The highest BCUT2D eigenvalue weighted by Crippen LogP contribution is 2.38. The van der Waals surface area contributed by atoms with Gasteiger partial charge in [-0.3, -0.25) is 0 Å². The Bertz CT molecular complexity index is 1320. The van der Waals surface area contributed by atoms with Crippen LogP contribution < -0.4 is 11.5 Å². The number of aromatic nitrogens is 4. The van der Waals surface area contributed by atoms with Gasteiger partial charge in [-0.2, -0.15) is 11.8 Å². The molecular formula is C28H28N6S. The van der Waals surface area contributed by atoms with Gasteiger partial charge in [0.05, 0.1) is 22.1 Å². The van der Waals surface area contributed by atoms with Crippen molar-refractivity contribution in [1.82, 2.24) is 19.9 Å². The van der Waals surface area contributed by atoms with Crippen molar-refractivity contribution in [3.63, 3.8) is 0 Å². The molecule has 0 saturated carbocycles. The monoisotopic (exact) mass is 480 g/mol. The third kappa shape index (κ3) is 3.86. The Morgan fingerprint density at radius 3 is 1.60 bits per heavy atom. The van der Waals surface area contributed by atoms with Crippen LogP contribution in [-0.2, 0) is 11.1 Å². The van der Waals surface area contributed by atoms with Gasteiger partial charge >= 0.3 is 0 Å². The van der Waals surface area contributed by atoms with Gasteiger partial charge in [-0.25, -0.2) is 9.97 Å². The average Bonchev–Trinajstić information content (AvgIpc) is 3.52. The predicted molar refractivity (Wildman–Crippen MR) is 145 cm³/mol. The number of nitrogens with one attached hydrogen (secondary N) is 2.